The number of rotatable bonds is 6. The highest BCUT2D eigenvalue weighted by atomic mass is 79.9. The molecule has 0 bridgehead atoms. The fourth-order valence-corrected chi connectivity index (χ4v) is 2.54. The molecule has 0 aliphatic heterocycles. The van der Waals surface area contributed by atoms with Crippen LogP contribution in [0.25, 0.3) is 0 Å². The molecule has 0 saturated carbocycles. The van der Waals surface area contributed by atoms with Gasteiger partial charge < -0.3 is 0 Å². The maximum Gasteiger partial charge on any atom is 0.418 e. The minimum absolute atomic E-state index is 0.374. The topological polar surface area (TPSA) is 38.8 Å². The van der Waals surface area contributed by atoms with Crippen LogP contribution in [-0.2, 0) is 13.6 Å². The van der Waals surface area contributed by atoms with Gasteiger partial charge in [0.2, 0.25) is 0 Å². The molecular formula is C6H15BrNO3P. The second-order valence-corrected chi connectivity index (χ2v) is 5.30. The molecule has 0 heterocycles. The van der Waals surface area contributed by atoms with Gasteiger partial charge in [-0.15, -0.1) is 3.70 Å². The lowest BCUT2D eigenvalue weighted by molar-refractivity contribution is 0.196. The lowest BCUT2D eigenvalue weighted by atomic mass is 10.8. The van der Waals surface area contributed by atoms with Gasteiger partial charge in [0, 0.05) is 22.7 Å². The molecule has 0 spiro atoms. The molecule has 0 fully saturated rings. The van der Waals surface area contributed by atoms with E-state index in [-0.39, 0.29) is 0 Å². The van der Waals surface area contributed by atoms with Crippen LogP contribution in [0.4, 0.5) is 0 Å². The third-order valence-corrected chi connectivity index (χ3v) is 4.76. The van der Waals surface area contributed by atoms with Crippen LogP contribution in [0.1, 0.15) is 20.8 Å². The van der Waals surface area contributed by atoms with Gasteiger partial charge in [0.15, 0.2) is 0 Å². The largest absolute Gasteiger partial charge is 0.418 e. The Kier molecular flexibility index (Phi) is 6.41. The SMILES string of the molecule is CCOP(=O)(OCC)N(Br)CC. The van der Waals surface area contributed by atoms with Crippen molar-refractivity contribution in [2.24, 2.45) is 0 Å². The molecule has 6 heteroatoms. The second kappa shape index (κ2) is 6.11. The maximum absolute atomic E-state index is 11.8. The van der Waals surface area contributed by atoms with E-state index in [1.54, 1.807) is 13.8 Å². The average molecular weight is 260 g/mol. The summed E-state index contributed by atoms with van der Waals surface area (Å²) < 4.78 is 23.3. The average Bonchev–Trinajstić information content (AvgIpc) is 2.04. The van der Waals surface area contributed by atoms with E-state index in [0.29, 0.717) is 19.8 Å². The second-order valence-electron chi connectivity index (χ2n) is 1.96. The number of hydrogen-bond donors (Lipinski definition) is 0. The predicted octanol–water partition coefficient (Wildman–Crippen LogP) is 2.80. The molecule has 0 aliphatic carbocycles. The summed E-state index contributed by atoms with van der Waals surface area (Å²) in [5.74, 6) is 0. The number of hydrogen-bond acceptors (Lipinski definition) is 3. The molecule has 0 rings (SSSR count). The molecule has 0 atom stereocenters. The minimum Gasteiger partial charge on any atom is -0.296 e. The van der Waals surface area contributed by atoms with Crippen LogP contribution in [0.5, 0.6) is 0 Å². The summed E-state index contributed by atoms with van der Waals surface area (Å²) in [5.41, 5.74) is 0. The Hall–Kier alpha value is 0.590. The van der Waals surface area contributed by atoms with Crippen molar-refractivity contribution in [2.75, 3.05) is 19.8 Å². The summed E-state index contributed by atoms with van der Waals surface area (Å²) in [6, 6.07) is 0. The third kappa shape index (κ3) is 3.54. The van der Waals surface area contributed by atoms with Gasteiger partial charge in [-0.3, -0.25) is 9.05 Å². The van der Waals surface area contributed by atoms with E-state index in [9.17, 15) is 4.57 Å². The van der Waals surface area contributed by atoms with Crippen LogP contribution in [0.3, 0.4) is 0 Å². The Bertz CT molecular complexity index is 157. The first-order valence-electron chi connectivity index (χ1n) is 3.93. The number of nitrogens with zero attached hydrogens (tertiary/aromatic N) is 1. The Labute approximate surface area is 82.1 Å². The Morgan fingerprint density at radius 1 is 1.25 bits per heavy atom. The molecule has 0 amide bonds. The van der Waals surface area contributed by atoms with Crippen molar-refractivity contribution in [2.45, 2.75) is 20.8 Å². The van der Waals surface area contributed by atoms with Crippen LogP contribution in [0, 0.1) is 0 Å². The van der Waals surface area contributed by atoms with Crippen LogP contribution in [0.15, 0.2) is 0 Å². The molecule has 0 aromatic rings. The maximum atomic E-state index is 11.8. The molecule has 0 aromatic heterocycles. The highest BCUT2D eigenvalue weighted by molar-refractivity contribution is 9.08. The zero-order valence-corrected chi connectivity index (χ0v) is 10.1. The standard InChI is InChI=1S/C6H15BrNO3P/c1-4-8(7)12(9,10-5-2)11-6-3/h4-6H2,1-3H3. The van der Waals surface area contributed by atoms with Crippen molar-refractivity contribution in [1.29, 1.82) is 0 Å². The molecule has 0 unspecified atom stereocenters. The predicted molar refractivity (Wildman–Crippen MR) is 52.2 cm³/mol. The quantitative estimate of drug-likeness (QED) is 0.543. The summed E-state index contributed by atoms with van der Waals surface area (Å²) in [6.07, 6.45) is 0. The molecule has 4 nitrogen and oxygen atoms in total. The van der Waals surface area contributed by atoms with E-state index in [0.717, 1.165) is 0 Å². The lowest BCUT2D eigenvalue weighted by Crippen LogP contribution is -2.12. The highest BCUT2D eigenvalue weighted by Gasteiger charge is 2.29. The van der Waals surface area contributed by atoms with Crippen molar-refractivity contribution >= 4 is 23.9 Å². The molecule has 74 valence electrons. The van der Waals surface area contributed by atoms with Crippen molar-refractivity contribution in [1.82, 2.24) is 3.70 Å². The van der Waals surface area contributed by atoms with Crippen molar-refractivity contribution < 1.29 is 13.6 Å². The fourth-order valence-electron chi connectivity index (χ4n) is 0.662. The van der Waals surface area contributed by atoms with Gasteiger partial charge in [-0.05, 0) is 13.8 Å². The van der Waals surface area contributed by atoms with Crippen LogP contribution in [0.2, 0.25) is 0 Å². The molecule has 0 aromatic carbocycles. The third-order valence-electron chi connectivity index (χ3n) is 1.11. The van der Waals surface area contributed by atoms with Crippen molar-refractivity contribution in [3.63, 3.8) is 0 Å². The van der Waals surface area contributed by atoms with Gasteiger partial charge in [-0.25, -0.2) is 4.57 Å². The van der Waals surface area contributed by atoms with E-state index in [4.69, 9.17) is 9.05 Å². The number of halogens is 1. The van der Waals surface area contributed by atoms with Crippen LogP contribution in [-0.4, -0.2) is 23.5 Å². The van der Waals surface area contributed by atoms with Crippen molar-refractivity contribution in [3.05, 3.63) is 0 Å². The van der Waals surface area contributed by atoms with Crippen LogP contribution >= 0.6 is 23.9 Å². The minimum atomic E-state index is -3.06. The van der Waals surface area contributed by atoms with Gasteiger partial charge in [0.05, 0.1) is 13.2 Å². The van der Waals surface area contributed by atoms with Gasteiger partial charge >= 0.3 is 7.75 Å². The zero-order chi connectivity index (χ0) is 9.61. The Morgan fingerprint density at radius 2 is 1.67 bits per heavy atom. The van der Waals surface area contributed by atoms with Crippen molar-refractivity contribution in [3.8, 4) is 0 Å². The monoisotopic (exact) mass is 259 g/mol. The van der Waals surface area contributed by atoms with E-state index < -0.39 is 7.75 Å². The summed E-state index contributed by atoms with van der Waals surface area (Å²) >= 11 is 3.12. The fraction of sp³-hybridized carbons (Fsp3) is 1.00. The Balaban J connectivity index is 4.27. The summed E-state index contributed by atoms with van der Waals surface area (Å²) in [5, 5.41) is 0. The molecule has 0 N–H and O–H groups in total. The summed E-state index contributed by atoms with van der Waals surface area (Å²) in [7, 11) is -3.06. The molecule has 0 aliphatic rings. The first kappa shape index (κ1) is 12.6. The normalized spacial score (nSPS) is 12.4. The highest BCUT2D eigenvalue weighted by Crippen LogP contribution is 2.53. The van der Waals surface area contributed by atoms with Gasteiger partial charge in [-0.1, -0.05) is 6.92 Å². The smallest absolute Gasteiger partial charge is 0.296 e. The van der Waals surface area contributed by atoms with Gasteiger partial charge in [0.1, 0.15) is 0 Å². The molecule has 0 radical (unpaired) electrons. The first-order valence-corrected chi connectivity index (χ1v) is 6.14. The molecular weight excluding hydrogens is 245 g/mol. The summed E-state index contributed by atoms with van der Waals surface area (Å²) in [4.78, 5) is 0. The zero-order valence-electron chi connectivity index (χ0n) is 7.62. The van der Waals surface area contributed by atoms with Crippen LogP contribution < -0.4 is 0 Å². The van der Waals surface area contributed by atoms with E-state index >= 15 is 0 Å². The molecule has 0 saturated heterocycles. The van der Waals surface area contributed by atoms with E-state index in [1.165, 1.54) is 3.70 Å². The summed E-state index contributed by atoms with van der Waals surface area (Å²) in [6.45, 7) is 6.74. The van der Waals surface area contributed by atoms with Gasteiger partial charge in [-0.2, -0.15) is 0 Å². The molecule has 12 heavy (non-hydrogen) atoms. The first-order chi connectivity index (χ1) is 5.60. The Morgan fingerprint density at radius 3 is 1.92 bits per heavy atom. The van der Waals surface area contributed by atoms with E-state index in [2.05, 4.69) is 16.1 Å². The lowest BCUT2D eigenvalue weighted by Gasteiger charge is -2.22. The van der Waals surface area contributed by atoms with E-state index in [1.807, 2.05) is 6.92 Å². The van der Waals surface area contributed by atoms with Gasteiger partial charge in [0.25, 0.3) is 0 Å².